The number of hydrogen-bond acceptors (Lipinski definition) is 3. The van der Waals surface area contributed by atoms with Gasteiger partial charge in [-0.15, -0.1) is 11.3 Å². The van der Waals surface area contributed by atoms with Crippen LogP contribution in [-0.2, 0) is 11.2 Å². The van der Waals surface area contributed by atoms with E-state index in [9.17, 15) is 9.59 Å². The maximum absolute atomic E-state index is 13.4. The molecule has 3 aromatic rings. The zero-order chi connectivity index (χ0) is 22.4. The van der Waals surface area contributed by atoms with Gasteiger partial charge in [-0.3, -0.25) is 9.59 Å². The Morgan fingerprint density at radius 3 is 2.38 bits per heavy atom. The zero-order valence-electron chi connectivity index (χ0n) is 18.5. The zero-order valence-corrected chi connectivity index (χ0v) is 19.4. The van der Waals surface area contributed by atoms with Gasteiger partial charge in [0.1, 0.15) is 0 Å². The van der Waals surface area contributed by atoms with Crippen molar-refractivity contribution < 1.29 is 9.59 Å². The van der Waals surface area contributed by atoms with Crippen molar-refractivity contribution in [2.24, 2.45) is 5.41 Å². The highest BCUT2D eigenvalue weighted by Gasteiger charge is 2.42. The van der Waals surface area contributed by atoms with E-state index in [1.54, 1.807) is 11.3 Å². The summed E-state index contributed by atoms with van der Waals surface area (Å²) in [5, 5.41) is 5.24. The van der Waals surface area contributed by atoms with Crippen molar-refractivity contribution in [1.29, 1.82) is 0 Å². The van der Waals surface area contributed by atoms with Gasteiger partial charge in [0.05, 0.1) is 5.41 Å². The molecule has 0 aliphatic carbocycles. The van der Waals surface area contributed by atoms with E-state index in [1.165, 1.54) is 16.0 Å². The van der Waals surface area contributed by atoms with Gasteiger partial charge in [0, 0.05) is 30.1 Å². The number of rotatable bonds is 7. The van der Waals surface area contributed by atoms with E-state index >= 15 is 0 Å². The molecule has 0 unspecified atom stereocenters. The summed E-state index contributed by atoms with van der Waals surface area (Å²) in [6.45, 7) is 3.93. The molecule has 4 rings (SSSR count). The van der Waals surface area contributed by atoms with Crippen LogP contribution in [0.5, 0.6) is 0 Å². The maximum Gasteiger partial charge on any atom is 0.253 e. The molecule has 2 aromatic carbocycles. The van der Waals surface area contributed by atoms with Gasteiger partial charge in [0.25, 0.3) is 5.91 Å². The van der Waals surface area contributed by atoms with Crippen molar-refractivity contribution in [1.82, 2.24) is 10.2 Å². The van der Waals surface area contributed by atoms with Crippen LogP contribution in [0.2, 0.25) is 0 Å². The van der Waals surface area contributed by atoms with Crippen molar-refractivity contribution >= 4 is 23.2 Å². The number of nitrogens with one attached hydrogen (secondary N) is 1. The van der Waals surface area contributed by atoms with E-state index in [0.29, 0.717) is 44.5 Å². The second-order valence-corrected chi connectivity index (χ2v) is 9.45. The molecule has 5 heteroatoms. The SMILES string of the molecule is CCCNC(=O)C1(Cc2ccccc2-c2cccs2)CCN(C(=O)c2ccccc2)CC1. The quantitative estimate of drug-likeness (QED) is 0.528. The first-order valence-corrected chi connectivity index (χ1v) is 12.3. The second kappa shape index (κ2) is 10.1. The Bertz CT molecular complexity index is 1040. The standard InChI is InChI=1S/C27H30N2O2S/c1-2-16-28-26(31)27(20-22-11-6-7-12-23(22)24-13-8-19-32-24)14-17-29(18-15-27)25(30)21-9-4-3-5-10-21/h3-13,19H,2,14-18,20H2,1H3,(H,28,31). The first-order valence-electron chi connectivity index (χ1n) is 11.4. The highest BCUT2D eigenvalue weighted by Crippen LogP contribution is 2.39. The number of hydrogen-bond donors (Lipinski definition) is 1. The minimum atomic E-state index is -0.504. The van der Waals surface area contributed by atoms with Gasteiger partial charge in [-0.25, -0.2) is 0 Å². The predicted molar refractivity (Wildman–Crippen MR) is 131 cm³/mol. The van der Waals surface area contributed by atoms with E-state index in [1.807, 2.05) is 35.2 Å². The molecule has 166 valence electrons. The maximum atomic E-state index is 13.4. The van der Waals surface area contributed by atoms with Crippen molar-refractivity contribution in [3.05, 3.63) is 83.2 Å². The van der Waals surface area contributed by atoms with Crippen molar-refractivity contribution in [3.63, 3.8) is 0 Å². The summed E-state index contributed by atoms with van der Waals surface area (Å²) in [7, 11) is 0. The summed E-state index contributed by atoms with van der Waals surface area (Å²) >= 11 is 1.72. The number of carbonyl (C=O) groups is 2. The topological polar surface area (TPSA) is 49.4 Å². The molecule has 2 heterocycles. The van der Waals surface area contributed by atoms with E-state index in [0.717, 1.165) is 6.42 Å². The van der Waals surface area contributed by atoms with Gasteiger partial charge in [-0.1, -0.05) is 55.5 Å². The number of piperidine rings is 1. The molecule has 0 spiro atoms. The molecular formula is C27H30N2O2S. The van der Waals surface area contributed by atoms with Gasteiger partial charge in [0.15, 0.2) is 0 Å². The largest absolute Gasteiger partial charge is 0.356 e. The molecule has 0 atom stereocenters. The van der Waals surface area contributed by atoms with Crippen molar-refractivity contribution in [2.75, 3.05) is 19.6 Å². The summed E-state index contributed by atoms with van der Waals surface area (Å²) in [4.78, 5) is 29.5. The summed E-state index contributed by atoms with van der Waals surface area (Å²) in [5.41, 5.74) is 2.60. The molecule has 0 radical (unpaired) electrons. The molecule has 1 aromatic heterocycles. The van der Waals surface area contributed by atoms with Gasteiger partial charge in [-0.05, 0) is 60.4 Å². The Morgan fingerprint density at radius 2 is 1.69 bits per heavy atom. The molecule has 32 heavy (non-hydrogen) atoms. The smallest absolute Gasteiger partial charge is 0.253 e. The lowest BCUT2D eigenvalue weighted by atomic mass is 9.72. The third kappa shape index (κ3) is 4.78. The van der Waals surface area contributed by atoms with Crippen LogP contribution in [-0.4, -0.2) is 36.3 Å². The highest BCUT2D eigenvalue weighted by molar-refractivity contribution is 7.13. The Morgan fingerprint density at radius 1 is 0.969 bits per heavy atom. The Kier molecular flexibility index (Phi) is 7.05. The minimum absolute atomic E-state index is 0.0483. The van der Waals surface area contributed by atoms with Crippen LogP contribution >= 0.6 is 11.3 Å². The Labute approximate surface area is 194 Å². The van der Waals surface area contributed by atoms with Gasteiger partial charge < -0.3 is 10.2 Å². The van der Waals surface area contributed by atoms with Crippen LogP contribution in [0.1, 0.15) is 42.1 Å². The van der Waals surface area contributed by atoms with Crippen molar-refractivity contribution in [2.45, 2.75) is 32.6 Å². The normalized spacial score (nSPS) is 15.3. The number of likely N-dealkylation sites (tertiary alicyclic amines) is 1. The molecule has 0 saturated carbocycles. The fourth-order valence-corrected chi connectivity index (χ4v) is 5.31. The second-order valence-electron chi connectivity index (χ2n) is 8.51. The van der Waals surface area contributed by atoms with Gasteiger partial charge >= 0.3 is 0 Å². The lowest BCUT2D eigenvalue weighted by Gasteiger charge is -2.41. The van der Waals surface area contributed by atoms with Crippen LogP contribution in [0, 0.1) is 5.41 Å². The minimum Gasteiger partial charge on any atom is -0.356 e. The summed E-state index contributed by atoms with van der Waals surface area (Å²) in [5.74, 6) is 0.166. The van der Waals surface area contributed by atoms with Crippen LogP contribution in [0.3, 0.4) is 0 Å². The third-order valence-electron chi connectivity index (χ3n) is 6.38. The van der Waals surface area contributed by atoms with E-state index < -0.39 is 5.41 Å². The lowest BCUT2D eigenvalue weighted by molar-refractivity contribution is -0.133. The van der Waals surface area contributed by atoms with Crippen LogP contribution < -0.4 is 5.32 Å². The first-order chi connectivity index (χ1) is 15.6. The first kappa shape index (κ1) is 22.3. The molecule has 1 saturated heterocycles. The van der Waals surface area contributed by atoms with Gasteiger partial charge in [-0.2, -0.15) is 0 Å². The Balaban J connectivity index is 1.57. The predicted octanol–water partition coefficient (Wildman–Crippen LogP) is 5.41. The number of nitrogens with zero attached hydrogens (tertiary/aromatic N) is 1. The highest BCUT2D eigenvalue weighted by atomic mass is 32.1. The number of amides is 2. The van der Waals surface area contributed by atoms with Crippen LogP contribution in [0.4, 0.5) is 0 Å². The average molecular weight is 447 g/mol. The molecule has 4 nitrogen and oxygen atoms in total. The number of benzene rings is 2. The summed E-state index contributed by atoms with van der Waals surface area (Å²) in [6.07, 6.45) is 2.93. The molecule has 1 aliphatic heterocycles. The number of thiophene rings is 1. The molecule has 0 bridgehead atoms. The fraction of sp³-hybridized carbons (Fsp3) is 0.333. The van der Waals surface area contributed by atoms with Crippen LogP contribution in [0.15, 0.2) is 72.1 Å². The molecule has 1 N–H and O–H groups in total. The van der Waals surface area contributed by atoms with Crippen molar-refractivity contribution in [3.8, 4) is 10.4 Å². The third-order valence-corrected chi connectivity index (χ3v) is 7.28. The van der Waals surface area contributed by atoms with Crippen LogP contribution in [0.25, 0.3) is 10.4 Å². The van der Waals surface area contributed by atoms with Gasteiger partial charge in [0.2, 0.25) is 5.91 Å². The molecule has 1 fully saturated rings. The van der Waals surface area contributed by atoms with E-state index in [4.69, 9.17) is 0 Å². The molecule has 1 aliphatic rings. The summed E-state index contributed by atoms with van der Waals surface area (Å²) in [6, 6.07) is 22.0. The Hall–Kier alpha value is -2.92. The average Bonchev–Trinajstić information content (AvgIpc) is 3.38. The lowest BCUT2D eigenvalue weighted by Crippen LogP contribution is -2.51. The molecule has 2 amide bonds. The fourth-order valence-electron chi connectivity index (χ4n) is 4.52. The van der Waals surface area contributed by atoms with E-state index in [2.05, 4.69) is 54.0 Å². The summed E-state index contributed by atoms with van der Waals surface area (Å²) < 4.78 is 0. The molecular weight excluding hydrogens is 416 g/mol. The number of carbonyl (C=O) groups excluding carboxylic acids is 2. The van der Waals surface area contributed by atoms with E-state index in [-0.39, 0.29) is 11.8 Å². The monoisotopic (exact) mass is 446 g/mol.